The highest BCUT2D eigenvalue weighted by molar-refractivity contribution is 8.34. The van der Waals surface area contributed by atoms with Crippen LogP contribution < -0.4 is 15.1 Å². The van der Waals surface area contributed by atoms with Gasteiger partial charge in [0, 0.05) is 90.3 Å². The molecule has 0 unspecified atom stereocenters. The number of esters is 1. The monoisotopic (exact) mass is 770 g/mol. The normalized spacial score (nSPS) is 17.9. The van der Waals surface area contributed by atoms with Gasteiger partial charge in [0.15, 0.2) is 5.60 Å². The van der Waals surface area contributed by atoms with Crippen molar-refractivity contribution < 1.29 is 38.1 Å². The van der Waals surface area contributed by atoms with E-state index in [4.69, 9.17) is 18.9 Å². The van der Waals surface area contributed by atoms with Gasteiger partial charge in [-0.15, -0.1) is 0 Å². The van der Waals surface area contributed by atoms with Crippen LogP contribution in [0.3, 0.4) is 0 Å². The zero-order valence-electron chi connectivity index (χ0n) is 32.1. The molecule has 2 spiro atoms. The number of amides is 3. The first-order valence-electron chi connectivity index (χ1n) is 18.9. The molecule has 0 aliphatic carbocycles. The summed E-state index contributed by atoms with van der Waals surface area (Å²) in [4.78, 5) is 58.5. The van der Waals surface area contributed by atoms with E-state index in [9.17, 15) is 19.2 Å². The summed E-state index contributed by atoms with van der Waals surface area (Å²) < 4.78 is 23.3. The van der Waals surface area contributed by atoms with Crippen LogP contribution >= 0.6 is 10.0 Å². The first kappa shape index (κ1) is 38.6. The standard InChI is InChI=1S/C42H50N4O8S/c1-44(2)30-9-12-33-36(27-30)55(24-6-5-7-25-55)37-28-31(45(3)4)10-13-34(37)42(33)35-26-29(8-11-32(35)41(50)54-42)40(49)43-16-18-51-20-22-53-23-21-52-19-17-46-38(47)14-15-39(46)48/h8-15,26-28H,5-7,16-25H2,1-4H3,(H,43,49). The maximum Gasteiger partial charge on any atom is 0.340 e. The predicted octanol–water partition coefficient (Wildman–Crippen LogP) is 4.71. The molecule has 1 N–H and O–H groups in total. The molecule has 0 radical (unpaired) electrons. The van der Waals surface area contributed by atoms with Gasteiger partial charge < -0.3 is 34.1 Å². The summed E-state index contributed by atoms with van der Waals surface area (Å²) in [6, 6.07) is 18.4. The van der Waals surface area contributed by atoms with Crippen LogP contribution in [-0.4, -0.2) is 121 Å². The van der Waals surface area contributed by atoms with E-state index in [0.717, 1.165) is 51.7 Å². The van der Waals surface area contributed by atoms with Crippen molar-refractivity contribution in [3.05, 3.63) is 94.6 Å². The highest BCUT2D eigenvalue weighted by Gasteiger charge is 2.56. The summed E-state index contributed by atoms with van der Waals surface area (Å²) in [5.41, 5.74) is 4.65. The van der Waals surface area contributed by atoms with Crippen molar-refractivity contribution in [2.75, 3.05) is 102 Å². The van der Waals surface area contributed by atoms with Crippen LogP contribution in [0.5, 0.6) is 0 Å². The van der Waals surface area contributed by atoms with E-state index in [1.807, 2.05) is 6.07 Å². The molecule has 1 fully saturated rings. The maximum atomic E-state index is 13.8. The van der Waals surface area contributed by atoms with E-state index in [2.05, 4.69) is 79.7 Å². The average Bonchev–Trinajstić information content (AvgIpc) is 3.67. The second-order valence-corrected chi connectivity index (χ2v) is 18.1. The molecule has 12 nitrogen and oxygen atoms in total. The largest absolute Gasteiger partial charge is 0.440 e. The number of nitrogens with one attached hydrogen (secondary N) is 1. The fraction of sp³-hybridized carbons (Fsp3) is 0.429. The van der Waals surface area contributed by atoms with E-state index in [0.29, 0.717) is 56.3 Å². The Kier molecular flexibility index (Phi) is 11.4. The van der Waals surface area contributed by atoms with Gasteiger partial charge in [-0.05, 0) is 66.8 Å². The van der Waals surface area contributed by atoms with Gasteiger partial charge in [-0.1, -0.05) is 18.6 Å². The lowest BCUT2D eigenvalue weighted by molar-refractivity contribution is -0.137. The molecule has 0 aromatic heterocycles. The lowest BCUT2D eigenvalue weighted by Crippen LogP contribution is -2.38. The van der Waals surface area contributed by atoms with E-state index in [1.165, 1.54) is 28.4 Å². The van der Waals surface area contributed by atoms with Crippen LogP contribution in [0.2, 0.25) is 0 Å². The minimum atomic E-state index is -1.45. The summed E-state index contributed by atoms with van der Waals surface area (Å²) in [7, 11) is 6.77. The third kappa shape index (κ3) is 7.26. The van der Waals surface area contributed by atoms with Gasteiger partial charge in [0.25, 0.3) is 17.7 Å². The average molecular weight is 771 g/mol. The second kappa shape index (κ2) is 16.2. The van der Waals surface area contributed by atoms with Crippen LogP contribution in [-0.2, 0) is 34.1 Å². The number of hydrogen-bond donors (Lipinski definition) is 1. The number of rotatable bonds is 15. The van der Waals surface area contributed by atoms with Crippen molar-refractivity contribution in [3.8, 4) is 0 Å². The summed E-state index contributed by atoms with van der Waals surface area (Å²) in [6.07, 6.45) is 6.02. The van der Waals surface area contributed by atoms with Crippen LogP contribution in [0.25, 0.3) is 0 Å². The number of anilines is 2. The minimum Gasteiger partial charge on any atom is -0.440 e. The lowest BCUT2D eigenvalue weighted by Gasteiger charge is -2.53. The number of ether oxygens (including phenoxy) is 4. The van der Waals surface area contributed by atoms with Gasteiger partial charge in [-0.3, -0.25) is 19.3 Å². The molecule has 7 rings (SSSR count). The molecule has 55 heavy (non-hydrogen) atoms. The van der Waals surface area contributed by atoms with Gasteiger partial charge in [0.1, 0.15) is 0 Å². The Hall–Kier alpha value is -4.69. The molecular weight excluding hydrogens is 721 g/mol. The molecule has 0 atom stereocenters. The molecule has 3 aromatic rings. The number of imide groups is 1. The molecule has 3 amide bonds. The van der Waals surface area contributed by atoms with Gasteiger partial charge in [-0.25, -0.2) is 4.79 Å². The van der Waals surface area contributed by atoms with Crippen molar-refractivity contribution in [1.82, 2.24) is 10.2 Å². The van der Waals surface area contributed by atoms with Gasteiger partial charge in [-0.2, -0.15) is 10.0 Å². The third-order valence-corrected chi connectivity index (χ3v) is 15.1. The van der Waals surface area contributed by atoms with Crippen molar-refractivity contribution in [1.29, 1.82) is 0 Å². The Morgan fingerprint density at radius 3 is 1.87 bits per heavy atom. The van der Waals surface area contributed by atoms with Crippen LogP contribution in [0, 0.1) is 0 Å². The van der Waals surface area contributed by atoms with E-state index < -0.39 is 21.6 Å². The summed E-state index contributed by atoms with van der Waals surface area (Å²) in [5, 5.41) is 2.96. The van der Waals surface area contributed by atoms with Gasteiger partial charge in [0.2, 0.25) is 0 Å². The Morgan fingerprint density at radius 2 is 1.29 bits per heavy atom. The zero-order valence-corrected chi connectivity index (χ0v) is 32.9. The van der Waals surface area contributed by atoms with E-state index >= 15 is 0 Å². The Balaban J connectivity index is 1.03. The van der Waals surface area contributed by atoms with Crippen LogP contribution in [0.15, 0.2) is 76.5 Å². The molecule has 4 aliphatic rings. The molecule has 4 heterocycles. The summed E-state index contributed by atoms with van der Waals surface area (Å²) in [6.45, 7) is 2.39. The molecular formula is C42H50N4O8S. The number of carbonyl (C=O) groups is 4. The molecule has 4 aliphatic heterocycles. The SMILES string of the molecule is CN(C)c1ccc2c(c1)S1(CCCCC1)c1cc(N(C)C)ccc1C21OC(=O)c2ccc(C(=O)NCCOCCOCCOCCN3C(=O)C=CC3=O)cc21. The smallest absolute Gasteiger partial charge is 0.340 e. The number of carbonyl (C=O) groups excluding carboxylic acids is 4. The number of hydrogen-bond acceptors (Lipinski definition) is 10. The van der Waals surface area contributed by atoms with Crippen molar-refractivity contribution in [2.24, 2.45) is 0 Å². The molecule has 1 saturated heterocycles. The van der Waals surface area contributed by atoms with Gasteiger partial charge in [0.05, 0.1) is 51.7 Å². The quantitative estimate of drug-likeness (QED) is 0.132. The minimum absolute atomic E-state index is 0.205. The Morgan fingerprint density at radius 1 is 0.727 bits per heavy atom. The Labute approximate surface area is 324 Å². The Bertz CT molecular complexity index is 1930. The third-order valence-electron chi connectivity index (χ3n) is 10.8. The van der Waals surface area contributed by atoms with Crippen molar-refractivity contribution in [3.63, 3.8) is 0 Å². The maximum absolute atomic E-state index is 13.8. The molecule has 3 aromatic carbocycles. The molecule has 292 valence electrons. The zero-order chi connectivity index (χ0) is 38.7. The molecule has 13 heteroatoms. The fourth-order valence-electron chi connectivity index (χ4n) is 7.98. The topological polar surface area (TPSA) is 127 Å². The highest BCUT2D eigenvalue weighted by Crippen LogP contribution is 2.74. The number of nitrogens with zero attached hydrogens (tertiary/aromatic N) is 3. The van der Waals surface area contributed by atoms with E-state index in [-0.39, 0.29) is 30.9 Å². The number of benzene rings is 3. The molecule has 0 bridgehead atoms. The first-order valence-corrected chi connectivity index (χ1v) is 20.9. The molecule has 0 saturated carbocycles. The lowest BCUT2D eigenvalue weighted by atomic mass is 9.78. The summed E-state index contributed by atoms with van der Waals surface area (Å²) in [5.74, 6) is 0.873. The van der Waals surface area contributed by atoms with Crippen molar-refractivity contribution in [2.45, 2.75) is 34.7 Å². The van der Waals surface area contributed by atoms with Crippen LogP contribution in [0.4, 0.5) is 11.4 Å². The van der Waals surface area contributed by atoms with Gasteiger partial charge >= 0.3 is 5.97 Å². The predicted molar refractivity (Wildman–Crippen MR) is 212 cm³/mol. The fourth-order valence-corrected chi connectivity index (χ4v) is 12.7. The second-order valence-electron chi connectivity index (χ2n) is 14.6. The van der Waals surface area contributed by atoms with E-state index in [1.54, 1.807) is 12.1 Å². The summed E-state index contributed by atoms with van der Waals surface area (Å²) >= 11 is 0. The number of fused-ring (bicyclic) bond motifs is 8. The van der Waals surface area contributed by atoms with Crippen molar-refractivity contribution >= 4 is 45.1 Å². The first-order chi connectivity index (χ1) is 26.6. The highest BCUT2D eigenvalue weighted by atomic mass is 32.3. The van der Waals surface area contributed by atoms with Crippen LogP contribution in [0.1, 0.15) is 56.7 Å².